The fourth-order valence-electron chi connectivity index (χ4n) is 4.16. The average Bonchev–Trinajstić information content (AvgIpc) is 3.37. The van der Waals surface area contributed by atoms with E-state index in [4.69, 9.17) is 0 Å². The van der Waals surface area contributed by atoms with E-state index in [9.17, 15) is 18.7 Å². The number of aliphatic hydroxyl groups excluding tert-OH is 1. The van der Waals surface area contributed by atoms with Gasteiger partial charge in [0.05, 0.1) is 5.69 Å². The molecule has 5 aromatic rings. The van der Waals surface area contributed by atoms with Crippen LogP contribution in [0.4, 0.5) is 8.78 Å². The molecule has 0 aliphatic heterocycles. The normalized spacial score (nSPS) is 11.7. The first kappa shape index (κ1) is 19.3. The van der Waals surface area contributed by atoms with Crippen LogP contribution in [0.1, 0.15) is 17.8 Å². The number of rotatable bonds is 5. The summed E-state index contributed by atoms with van der Waals surface area (Å²) < 4.78 is 29.5. The van der Waals surface area contributed by atoms with Gasteiger partial charge in [0.1, 0.15) is 11.6 Å². The van der Waals surface area contributed by atoms with Gasteiger partial charge < -0.3 is 15.1 Å². The number of halogens is 2. The number of nitrogens with zero attached hydrogens (tertiary/aromatic N) is 2. The standard InChI is InChI=1S/C22H19F2N5O2/c1-11-19(14-9-12(23)4-6-16(14)25-11)21-27-28-22(31)29(21)20-15-10-13(24)5-7-17(15)26-18(20)3-2-8-30/h4-7,9-10,25-26,30H,2-3,8H2,1H3,(H,28,31). The smallest absolute Gasteiger partial charge is 0.348 e. The van der Waals surface area contributed by atoms with Crippen molar-refractivity contribution < 1.29 is 13.9 Å². The maximum absolute atomic E-state index is 14.1. The van der Waals surface area contributed by atoms with Crippen LogP contribution in [0.15, 0.2) is 41.2 Å². The zero-order valence-electron chi connectivity index (χ0n) is 16.6. The molecule has 0 spiro atoms. The highest BCUT2D eigenvalue weighted by Gasteiger charge is 2.24. The fraction of sp³-hybridized carbons (Fsp3) is 0.182. The van der Waals surface area contributed by atoms with E-state index < -0.39 is 17.3 Å². The fourth-order valence-corrected chi connectivity index (χ4v) is 4.16. The molecular formula is C22H19F2N5O2. The predicted octanol–water partition coefficient (Wildman–Crippen LogP) is 3.70. The molecule has 0 saturated carbocycles. The van der Waals surface area contributed by atoms with E-state index in [0.717, 1.165) is 0 Å². The van der Waals surface area contributed by atoms with Crippen LogP contribution in [-0.2, 0) is 6.42 Å². The molecule has 0 fully saturated rings. The van der Waals surface area contributed by atoms with Gasteiger partial charge in [-0.2, -0.15) is 5.10 Å². The maximum Gasteiger partial charge on any atom is 0.348 e. The summed E-state index contributed by atoms with van der Waals surface area (Å²) in [5.74, 6) is -0.561. The van der Waals surface area contributed by atoms with Gasteiger partial charge in [0.2, 0.25) is 0 Å². The summed E-state index contributed by atoms with van der Waals surface area (Å²) in [4.78, 5) is 19.3. The lowest BCUT2D eigenvalue weighted by Crippen LogP contribution is -2.17. The van der Waals surface area contributed by atoms with Crippen molar-refractivity contribution in [3.05, 3.63) is 69.9 Å². The Labute approximate surface area is 174 Å². The van der Waals surface area contributed by atoms with Gasteiger partial charge in [-0.05, 0) is 56.2 Å². The topological polar surface area (TPSA) is 102 Å². The molecule has 9 heteroatoms. The van der Waals surface area contributed by atoms with Crippen LogP contribution in [-0.4, -0.2) is 36.4 Å². The number of benzene rings is 2. The Hall–Kier alpha value is -3.72. The summed E-state index contributed by atoms with van der Waals surface area (Å²) in [7, 11) is 0. The lowest BCUT2D eigenvalue weighted by atomic mass is 10.1. The molecule has 0 bridgehead atoms. The quantitative estimate of drug-likeness (QED) is 0.347. The molecule has 0 radical (unpaired) electrons. The van der Waals surface area contributed by atoms with Gasteiger partial charge in [-0.1, -0.05) is 0 Å². The lowest BCUT2D eigenvalue weighted by molar-refractivity contribution is 0.288. The Balaban J connectivity index is 1.84. The molecule has 158 valence electrons. The lowest BCUT2D eigenvalue weighted by Gasteiger charge is -2.09. The molecule has 0 unspecified atom stereocenters. The molecule has 7 nitrogen and oxygen atoms in total. The first-order chi connectivity index (χ1) is 15.0. The Morgan fingerprint density at radius 2 is 1.71 bits per heavy atom. The monoisotopic (exact) mass is 423 g/mol. The van der Waals surface area contributed by atoms with Crippen molar-refractivity contribution in [3.8, 4) is 17.1 Å². The second-order valence-corrected chi connectivity index (χ2v) is 7.47. The number of hydrogen-bond acceptors (Lipinski definition) is 3. The molecule has 2 aromatic carbocycles. The third-order valence-electron chi connectivity index (χ3n) is 5.46. The minimum Gasteiger partial charge on any atom is -0.396 e. The highest BCUT2D eigenvalue weighted by Crippen LogP contribution is 2.35. The van der Waals surface area contributed by atoms with Crippen molar-refractivity contribution in [2.45, 2.75) is 19.8 Å². The molecule has 0 aliphatic rings. The minimum atomic E-state index is -0.504. The first-order valence-corrected chi connectivity index (χ1v) is 9.85. The number of aromatic amines is 3. The molecule has 0 aliphatic carbocycles. The van der Waals surface area contributed by atoms with E-state index in [2.05, 4.69) is 20.2 Å². The van der Waals surface area contributed by atoms with Crippen molar-refractivity contribution in [1.82, 2.24) is 24.7 Å². The third kappa shape index (κ3) is 3.05. The van der Waals surface area contributed by atoms with E-state index in [0.29, 0.717) is 57.3 Å². The second kappa shape index (κ2) is 7.21. The minimum absolute atomic E-state index is 0.0306. The Kier molecular flexibility index (Phi) is 4.48. The zero-order chi connectivity index (χ0) is 21.7. The van der Waals surface area contributed by atoms with Gasteiger partial charge >= 0.3 is 5.69 Å². The number of aliphatic hydroxyl groups is 1. The van der Waals surface area contributed by atoms with Gasteiger partial charge in [0.25, 0.3) is 0 Å². The van der Waals surface area contributed by atoms with E-state index >= 15 is 0 Å². The van der Waals surface area contributed by atoms with Gasteiger partial charge in [-0.15, -0.1) is 0 Å². The predicted molar refractivity (Wildman–Crippen MR) is 113 cm³/mol. The number of nitrogens with one attached hydrogen (secondary N) is 3. The van der Waals surface area contributed by atoms with Crippen LogP contribution >= 0.6 is 0 Å². The molecule has 3 heterocycles. The summed E-state index contributed by atoms with van der Waals surface area (Å²) in [5, 5.41) is 17.1. The van der Waals surface area contributed by atoms with Gasteiger partial charge in [0.15, 0.2) is 5.82 Å². The molecular weight excluding hydrogens is 404 g/mol. The number of fused-ring (bicyclic) bond motifs is 2. The van der Waals surface area contributed by atoms with Crippen LogP contribution < -0.4 is 5.69 Å². The Morgan fingerprint density at radius 1 is 1.03 bits per heavy atom. The molecule has 0 atom stereocenters. The van der Waals surface area contributed by atoms with Crippen LogP contribution in [0, 0.1) is 18.6 Å². The van der Waals surface area contributed by atoms with Crippen molar-refractivity contribution in [1.29, 1.82) is 0 Å². The average molecular weight is 423 g/mol. The Morgan fingerprint density at radius 3 is 2.42 bits per heavy atom. The van der Waals surface area contributed by atoms with Gasteiger partial charge in [-0.25, -0.2) is 23.2 Å². The van der Waals surface area contributed by atoms with Crippen LogP contribution in [0.5, 0.6) is 0 Å². The van der Waals surface area contributed by atoms with Crippen LogP contribution in [0.25, 0.3) is 38.9 Å². The highest BCUT2D eigenvalue weighted by molar-refractivity contribution is 5.97. The molecule has 0 saturated heterocycles. The van der Waals surface area contributed by atoms with Crippen molar-refractivity contribution in [3.63, 3.8) is 0 Å². The summed E-state index contributed by atoms with van der Waals surface area (Å²) in [5.41, 5.74) is 3.28. The van der Waals surface area contributed by atoms with Crippen LogP contribution in [0.3, 0.4) is 0 Å². The van der Waals surface area contributed by atoms with Crippen LogP contribution in [0.2, 0.25) is 0 Å². The SMILES string of the molecule is Cc1[nH]c2ccc(F)cc2c1-c1n[nH]c(=O)n1-c1c(CCCO)[nH]c2ccc(F)cc12. The Bertz CT molecular complexity index is 1490. The summed E-state index contributed by atoms with van der Waals surface area (Å²) in [6.07, 6.45) is 0.905. The number of aromatic nitrogens is 5. The van der Waals surface area contributed by atoms with E-state index in [-0.39, 0.29) is 12.4 Å². The molecule has 4 N–H and O–H groups in total. The third-order valence-corrected chi connectivity index (χ3v) is 5.46. The molecule has 31 heavy (non-hydrogen) atoms. The summed E-state index contributed by atoms with van der Waals surface area (Å²) in [6.45, 7) is 1.79. The van der Waals surface area contributed by atoms with E-state index in [1.165, 1.54) is 28.8 Å². The summed E-state index contributed by atoms with van der Waals surface area (Å²) >= 11 is 0. The largest absolute Gasteiger partial charge is 0.396 e. The molecule has 5 rings (SSSR count). The molecule has 0 amide bonds. The van der Waals surface area contributed by atoms with Crippen molar-refractivity contribution in [2.75, 3.05) is 6.61 Å². The van der Waals surface area contributed by atoms with E-state index in [1.807, 2.05) is 6.92 Å². The maximum atomic E-state index is 14.1. The molecule has 3 aromatic heterocycles. The first-order valence-electron chi connectivity index (χ1n) is 9.85. The highest BCUT2D eigenvalue weighted by atomic mass is 19.1. The number of H-pyrrole nitrogens is 3. The zero-order valence-corrected chi connectivity index (χ0v) is 16.6. The van der Waals surface area contributed by atoms with Gasteiger partial charge in [-0.3, -0.25) is 0 Å². The second-order valence-electron chi connectivity index (χ2n) is 7.47. The summed E-state index contributed by atoms with van der Waals surface area (Å²) in [6, 6.07) is 8.67. The van der Waals surface area contributed by atoms with Crippen molar-refractivity contribution in [2.24, 2.45) is 0 Å². The number of hydrogen-bond donors (Lipinski definition) is 4. The van der Waals surface area contributed by atoms with E-state index in [1.54, 1.807) is 12.1 Å². The van der Waals surface area contributed by atoms with Crippen molar-refractivity contribution >= 4 is 21.8 Å². The number of aryl methyl sites for hydroxylation is 2. The van der Waals surface area contributed by atoms with Gasteiger partial charge in [0, 0.05) is 45.4 Å².